The molecular formula is C14H19FO3S. The fourth-order valence-electron chi connectivity index (χ4n) is 1.65. The number of rotatable bonds is 8. The van der Waals surface area contributed by atoms with E-state index in [1.807, 2.05) is 0 Å². The highest BCUT2D eigenvalue weighted by Gasteiger charge is 2.09. The smallest absolute Gasteiger partial charge is 0.305 e. The summed E-state index contributed by atoms with van der Waals surface area (Å²) in [5.41, 5.74) is 0. The number of halogens is 1. The molecule has 0 aromatic heterocycles. The maximum atomic E-state index is 13.4. The summed E-state index contributed by atoms with van der Waals surface area (Å²) in [4.78, 5) is 11.3. The lowest BCUT2D eigenvalue weighted by atomic mass is 10.2. The van der Waals surface area contributed by atoms with Crippen molar-refractivity contribution in [3.8, 4) is 0 Å². The third-order valence-electron chi connectivity index (χ3n) is 2.60. The van der Waals surface area contributed by atoms with Gasteiger partial charge in [-0.15, -0.1) is 0 Å². The van der Waals surface area contributed by atoms with E-state index in [-0.39, 0.29) is 10.9 Å². The Morgan fingerprint density at radius 2 is 2.00 bits per heavy atom. The van der Waals surface area contributed by atoms with Crippen LogP contribution >= 0.6 is 0 Å². The van der Waals surface area contributed by atoms with Crippen LogP contribution in [0.2, 0.25) is 0 Å². The van der Waals surface area contributed by atoms with Crippen LogP contribution in [0, 0.1) is 5.82 Å². The summed E-state index contributed by atoms with van der Waals surface area (Å²) in [6.07, 6.45) is 2.60. The molecule has 0 bridgehead atoms. The van der Waals surface area contributed by atoms with E-state index in [1.165, 1.54) is 6.07 Å². The Balaban J connectivity index is 2.21. The Bertz CT molecular complexity index is 434. The highest BCUT2D eigenvalue weighted by molar-refractivity contribution is 7.85. The predicted octanol–water partition coefficient (Wildman–Crippen LogP) is 3.06. The molecule has 0 fully saturated rings. The van der Waals surface area contributed by atoms with Gasteiger partial charge in [0.05, 0.1) is 22.3 Å². The Hall–Kier alpha value is -1.23. The molecule has 0 aliphatic rings. The molecule has 1 unspecified atom stereocenters. The van der Waals surface area contributed by atoms with Crippen LogP contribution in [0.15, 0.2) is 29.2 Å². The quantitative estimate of drug-likeness (QED) is 0.545. The third kappa shape index (κ3) is 5.96. The van der Waals surface area contributed by atoms with Crippen molar-refractivity contribution in [1.82, 2.24) is 0 Å². The first kappa shape index (κ1) is 15.8. The molecule has 19 heavy (non-hydrogen) atoms. The van der Waals surface area contributed by atoms with Gasteiger partial charge in [-0.05, 0) is 31.9 Å². The van der Waals surface area contributed by atoms with Crippen molar-refractivity contribution in [2.75, 3.05) is 12.4 Å². The summed E-state index contributed by atoms with van der Waals surface area (Å²) in [5.74, 6) is -0.200. The standard InChI is InChI=1S/C14H19FO3S/c1-2-18-14(16)10-4-3-7-11-19(17)13-9-6-5-8-12(13)15/h5-6,8-9H,2-4,7,10-11H2,1H3. The summed E-state index contributed by atoms with van der Waals surface area (Å²) < 4.78 is 30.0. The lowest BCUT2D eigenvalue weighted by Crippen LogP contribution is -2.04. The molecule has 1 atom stereocenters. The zero-order valence-electron chi connectivity index (χ0n) is 11.1. The first-order chi connectivity index (χ1) is 9.15. The second-order valence-corrected chi connectivity index (χ2v) is 5.63. The molecular weight excluding hydrogens is 267 g/mol. The summed E-state index contributed by atoms with van der Waals surface area (Å²) in [6, 6.07) is 6.12. The third-order valence-corrected chi connectivity index (χ3v) is 4.08. The molecule has 1 aromatic carbocycles. The molecule has 0 N–H and O–H groups in total. The molecule has 0 spiro atoms. The van der Waals surface area contributed by atoms with Crippen molar-refractivity contribution in [1.29, 1.82) is 0 Å². The largest absolute Gasteiger partial charge is 0.466 e. The number of hydrogen-bond donors (Lipinski definition) is 0. The van der Waals surface area contributed by atoms with E-state index in [4.69, 9.17) is 4.74 Å². The van der Waals surface area contributed by atoms with Gasteiger partial charge in [-0.3, -0.25) is 9.00 Å². The van der Waals surface area contributed by atoms with Crippen LogP contribution in [-0.4, -0.2) is 22.5 Å². The Morgan fingerprint density at radius 3 is 2.68 bits per heavy atom. The predicted molar refractivity (Wildman–Crippen MR) is 72.8 cm³/mol. The number of benzene rings is 1. The average Bonchev–Trinajstić information content (AvgIpc) is 2.39. The molecule has 1 rings (SSSR count). The van der Waals surface area contributed by atoms with E-state index in [0.29, 0.717) is 31.6 Å². The fourth-order valence-corrected chi connectivity index (χ4v) is 2.85. The summed E-state index contributed by atoms with van der Waals surface area (Å²) in [5, 5.41) is 0. The normalized spacial score (nSPS) is 12.1. The monoisotopic (exact) mass is 286 g/mol. The zero-order chi connectivity index (χ0) is 14.1. The highest BCUT2D eigenvalue weighted by atomic mass is 32.2. The van der Waals surface area contributed by atoms with E-state index >= 15 is 0 Å². The van der Waals surface area contributed by atoms with Crippen LogP contribution in [0.25, 0.3) is 0 Å². The summed E-state index contributed by atoms with van der Waals surface area (Å²) >= 11 is 0. The van der Waals surface area contributed by atoms with Crippen molar-refractivity contribution in [2.24, 2.45) is 0 Å². The number of esters is 1. The Morgan fingerprint density at radius 1 is 1.26 bits per heavy atom. The van der Waals surface area contributed by atoms with E-state index in [2.05, 4.69) is 0 Å². The number of ether oxygens (including phenoxy) is 1. The van der Waals surface area contributed by atoms with E-state index in [1.54, 1.807) is 25.1 Å². The topological polar surface area (TPSA) is 43.4 Å². The van der Waals surface area contributed by atoms with Gasteiger partial charge in [-0.25, -0.2) is 4.39 Å². The molecule has 106 valence electrons. The van der Waals surface area contributed by atoms with Crippen molar-refractivity contribution in [3.63, 3.8) is 0 Å². The van der Waals surface area contributed by atoms with E-state index < -0.39 is 16.6 Å². The first-order valence-corrected chi connectivity index (χ1v) is 7.75. The molecule has 1 aromatic rings. The number of hydrogen-bond acceptors (Lipinski definition) is 3. The van der Waals surface area contributed by atoms with Crippen LogP contribution in [0.3, 0.4) is 0 Å². The van der Waals surface area contributed by atoms with Crippen LogP contribution in [0.1, 0.15) is 32.6 Å². The van der Waals surface area contributed by atoms with Gasteiger partial charge in [0.15, 0.2) is 0 Å². The minimum absolute atomic E-state index is 0.197. The van der Waals surface area contributed by atoms with Gasteiger partial charge in [0.1, 0.15) is 5.82 Å². The lowest BCUT2D eigenvalue weighted by molar-refractivity contribution is -0.143. The van der Waals surface area contributed by atoms with Crippen molar-refractivity contribution in [2.45, 2.75) is 37.5 Å². The summed E-state index contributed by atoms with van der Waals surface area (Å²) in [7, 11) is -1.30. The molecule has 5 heteroatoms. The second-order valence-electron chi connectivity index (χ2n) is 4.10. The molecule has 0 saturated heterocycles. The van der Waals surface area contributed by atoms with Gasteiger partial charge >= 0.3 is 5.97 Å². The molecule has 0 radical (unpaired) electrons. The number of carbonyl (C=O) groups excluding carboxylic acids is 1. The van der Waals surface area contributed by atoms with E-state index in [9.17, 15) is 13.4 Å². The lowest BCUT2D eigenvalue weighted by Gasteiger charge is -2.04. The van der Waals surface area contributed by atoms with Crippen LogP contribution < -0.4 is 0 Å². The Labute approximate surface area is 115 Å². The van der Waals surface area contributed by atoms with Gasteiger partial charge in [-0.1, -0.05) is 18.6 Å². The van der Waals surface area contributed by atoms with Gasteiger partial charge in [-0.2, -0.15) is 0 Å². The maximum Gasteiger partial charge on any atom is 0.305 e. The van der Waals surface area contributed by atoms with Gasteiger partial charge in [0, 0.05) is 12.2 Å². The van der Waals surface area contributed by atoms with Crippen molar-refractivity contribution < 1.29 is 18.1 Å². The molecule has 0 heterocycles. The maximum absolute atomic E-state index is 13.4. The molecule has 0 amide bonds. The SMILES string of the molecule is CCOC(=O)CCCCCS(=O)c1ccccc1F. The molecule has 0 saturated carbocycles. The molecule has 3 nitrogen and oxygen atoms in total. The number of carbonyl (C=O) groups is 1. The minimum Gasteiger partial charge on any atom is -0.466 e. The van der Waals surface area contributed by atoms with Crippen LogP contribution in [-0.2, 0) is 20.3 Å². The molecule has 0 aliphatic heterocycles. The fraction of sp³-hybridized carbons (Fsp3) is 0.500. The van der Waals surface area contributed by atoms with Crippen LogP contribution in [0.5, 0.6) is 0 Å². The summed E-state index contributed by atoms with van der Waals surface area (Å²) in [6.45, 7) is 2.17. The number of unbranched alkanes of at least 4 members (excludes halogenated alkanes) is 2. The second kappa shape index (κ2) is 8.80. The van der Waals surface area contributed by atoms with Gasteiger partial charge in [0.25, 0.3) is 0 Å². The first-order valence-electron chi connectivity index (χ1n) is 6.43. The van der Waals surface area contributed by atoms with E-state index in [0.717, 1.165) is 6.42 Å². The van der Waals surface area contributed by atoms with Crippen LogP contribution in [0.4, 0.5) is 4.39 Å². The molecule has 0 aliphatic carbocycles. The minimum atomic E-state index is -1.30. The van der Waals surface area contributed by atoms with Crippen molar-refractivity contribution in [3.05, 3.63) is 30.1 Å². The Kier molecular flexibility index (Phi) is 7.33. The van der Waals surface area contributed by atoms with Gasteiger partial charge < -0.3 is 4.74 Å². The highest BCUT2D eigenvalue weighted by Crippen LogP contribution is 2.13. The zero-order valence-corrected chi connectivity index (χ0v) is 11.9. The van der Waals surface area contributed by atoms with Gasteiger partial charge in [0.2, 0.25) is 0 Å². The van der Waals surface area contributed by atoms with Crippen molar-refractivity contribution >= 4 is 16.8 Å². The average molecular weight is 286 g/mol.